The molecule has 0 bridgehead atoms. The minimum Gasteiger partial charge on any atom is -0.393 e. The van der Waals surface area contributed by atoms with Gasteiger partial charge in [-0.15, -0.1) is 0 Å². The third kappa shape index (κ3) is 3.59. The van der Waals surface area contributed by atoms with E-state index in [0.717, 1.165) is 24.3 Å². The molecule has 2 fully saturated rings. The van der Waals surface area contributed by atoms with Crippen LogP contribution in [0.25, 0.3) is 0 Å². The molecule has 7 heteroatoms. The van der Waals surface area contributed by atoms with Gasteiger partial charge in [0.25, 0.3) is 0 Å². The standard InChI is InChI=1S/C15H25N5O2/c1-2-7-20-14(11-3-4-11)13(10-16-20)17-15(22)18-19-8-5-12(21)6-9-19/h10-12,21H,2-9H2,1H3,(H2,17,18,22). The smallest absolute Gasteiger partial charge is 0.333 e. The largest absolute Gasteiger partial charge is 0.393 e. The fourth-order valence-electron chi connectivity index (χ4n) is 2.94. The third-order valence-corrected chi connectivity index (χ3v) is 4.25. The highest BCUT2D eigenvalue weighted by molar-refractivity contribution is 5.89. The van der Waals surface area contributed by atoms with Crippen LogP contribution in [0.2, 0.25) is 0 Å². The van der Waals surface area contributed by atoms with Gasteiger partial charge in [0.1, 0.15) is 0 Å². The first kappa shape index (κ1) is 15.3. The van der Waals surface area contributed by atoms with E-state index in [9.17, 15) is 9.90 Å². The zero-order valence-corrected chi connectivity index (χ0v) is 13.1. The lowest BCUT2D eigenvalue weighted by Crippen LogP contribution is -2.49. The van der Waals surface area contributed by atoms with Crippen LogP contribution in [0.3, 0.4) is 0 Å². The van der Waals surface area contributed by atoms with Crippen molar-refractivity contribution in [3.63, 3.8) is 0 Å². The van der Waals surface area contributed by atoms with Crippen molar-refractivity contribution in [2.24, 2.45) is 0 Å². The number of hydrogen-bond donors (Lipinski definition) is 3. The number of nitrogens with one attached hydrogen (secondary N) is 2. The number of hydrazine groups is 1. The van der Waals surface area contributed by atoms with Gasteiger partial charge in [0.2, 0.25) is 0 Å². The fourth-order valence-corrected chi connectivity index (χ4v) is 2.94. The van der Waals surface area contributed by atoms with E-state index in [1.165, 1.54) is 12.8 Å². The average Bonchev–Trinajstić information content (AvgIpc) is 3.25. The van der Waals surface area contributed by atoms with Crippen molar-refractivity contribution in [3.05, 3.63) is 11.9 Å². The molecule has 7 nitrogen and oxygen atoms in total. The van der Waals surface area contributed by atoms with E-state index in [2.05, 4.69) is 22.8 Å². The molecule has 1 aliphatic heterocycles. The molecule has 3 rings (SSSR count). The zero-order valence-electron chi connectivity index (χ0n) is 13.1. The third-order valence-electron chi connectivity index (χ3n) is 4.25. The molecule has 1 saturated carbocycles. The van der Waals surface area contributed by atoms with E-state index >= 15 is 0 Å². The molecule has 0 unspecified atom stereocenters. The molecule has 1 aromatic rings. The highest BCUT2D eigenvalue weighted by atomic mass is 16.3. The van der Waals surface area contributed by atoms with E-state index in [0.29, 0.717) is 31.8 Å². The summed E-state index contributed by atoms with van der Waals surface area (Å²) >= 11 is 0. The Balaban J connectivity index is 1.59. The molecule has 2 amide bonds. The SMILES string of the molecule is CCCn1ncc(NC(=O)NN2CCC(O)CC2)c1C1CC1. The number of carbonyl (C=O) groups excluding carboxylic acids is 1. The van der Waals surface area contributed by atoms with Crippen molar-refractivity contribution in [1.29, 1.82) is 0 Å². The van der Waals surface area contributed by atoms with Crippen LogP contribution < -0.4 is 10.7 Å². The molecule has 3 N–H and O–H groups in total. The summed E-state index contributed by atoms with van der Waals surface area (Å²) in [6, 6.07) is -0.227. The van der Waals surface area contributed by atoms with Crippen LogP contribution in [0, 0.1) is 0 Å². The number of aliphatic hydroxyl groups is 1. The Morgan fingerprint density at radius 1 is 1.36 bits per heavy atom. The van der Waals surface area contributed by atoms with E-state index in [1.54, 1.807) is 6.20 Å². The Bertz CT molecular complexity index is 518. The van der Waals surface area contributed by atoms with Crippen LogP contribution in [-0.4, -0.2) is 45.1 Å². The van der Waals surface area contributed by atoms with Gasteiger partial charge in [-0.3, -0.25) is 10.1 Å². The van der Waals surface area contributed by atoms with Gasteiger partial charge in [0.05, 0.1) is 23.7 Å². The van der Waals surface area contributed by atoms with Crippen molar-refractivity contribution in [2.45, 2.75) is 57.6 Å². The first-order valence-corrected chi connectivity index (χ1v) is 8.23. The average molecular weight is 307 g/mol. The summed E-state index contributed by atoms with van der Waals surface area (Å²) in [5.41, 5.74) is 4.83. The van der Waals surface area contributed by atoms with Crippen LogP contribution >= 0.6 is 0 Å². The van der Waals surface area contributed by atoms with Crippen LogP contribution in [0.4, 0.5) is 10.5 Å². The summed E-state index contributed by atoms with van der Waals surface area (Å²) in [5.74, 6) is 0.537. The summed E-state index contributed by atoms with van der Waals surface area (Å²) < 4.78 is 2.02. The van der Waals surface area contributed by atoms with Crippen LogP contribution in [0.1, 0.15) is 50.6 Å². The Kier molecular flexibility index (Phi) is 4.63. The maximum Gasteiger partial charge on any atom is 0.333 e. The van der Waals surface area contributed by atoms with Crippen molar-refractivity contribution in [1.82, 2.24) is 20.2 Å². The maximum atomic E-state index is 12.2. The fraction of sp³-hybridized carbons (Fsp3) is 0.733. The van der Waals surface area contributed by atoms with Crippen molar-refractivity contribution in [3.8, 4) is 0 Å². The number of anilines is 1. The number of aliphatic hydroxyl groups excluding tert-OH is 1. The maximum absolute atomic E-state index is 12.2. The van der Waals surface area contributed by atoms with E-state index in [-0.39, 0.29) is 12.1 Å². The normalized spacial score (nSPS) is 20.1. The molecule has 22 heavy (non-hydrogen) atoms. The number of urea groups is 1. The number of rotatable bonds is 5. The molecule has 1 saturated heterocycles. The number of aromatic nitrogens is 2. The lowest BCUT2D eigenvalue weighted by Gasteiger charge is -2.29. The van der Waals surface area contributed by atoms with E-state index in [1.807, 2.05) is 9.69 Å². The number of piperidine rings is 1. The van der Waals surface area contributed by atoms with Gasteiger partial charge in [-0.2, -0.15) is 5.10 Å². The molecule has 2 aliphatic rings. The predicted octanol–water partition coefficient (Wildman–Crippen LogP) is 1.66. The number of amides is 2. The second kappa shape index (κ2) is 6.66. The summed E-state index contributed by atoms with van der Waals surface area (Å²) in [4.78, 5) is 12.2. The number of aryl methyl sites for hydroxylation is 1. The lowest BCUT2D eigenvalue weighted by atomic mass is 10.1. The molecule has 0 spiro atoms. The van der Waals surface area contributed by atoms with Gasteiger partial charge in [-0.1, -0.05) is 6.92 Å². The first-order valence-electron chi connectivity index (χ1n) is 8.23. The summed E-state index contributed by atoms with van der Waals surface area (Å²) in [7, 11) is 0. The summed E-state index contributed by atoms with van der Waals surface area (Å²) in [6.07, 6.45) is 6.29. The minimum atomic E-state index is -0.241. The molecule has 0 aromatic carbocycles. The van der Waals surface area contributed by atoms with Crippen molar-refractivity contribution >= 4 is 11.7 Å². The molecule has 2 heterocycles. The number of carbonyl (C=O) groups is 1. The minimum absolute atomic E-state index is 0.227. The Morgan fingerprint density at radius 2 is 2.09 bits per heavy atom. The molecular weight excluding hydrogens is 282 g/mol. The van der Waals surface area contributed by atoms with E-state index in [4.69, 9.17) is 0 Å². The van der Waals surface area contributed by atoms with Gasteiger partial charge in [-0.25, -0.2) is 9.80 Å². The number of hydrogen-bond acceptors (Lipinski definition) is 4. The van der Waals surface area contributed by atoms with Crippen LogP contribution in [0.5, 0.6) is 0 Å². The summed E-state index contributed by atoms with van der Waals surface area (Å²) in [5, 5.41) is 18.7. The van der Waals surface area contributed by atoms with Crippen LogP contribution in [-0.2, 0) is 6.54 Å². The van der Waals surface area contributed by atoms with E-state index < -0.39 is 0 Å². The van der Waals surface area contributed by atoms with Gasteiger partial charge in [-0.05, 0) is 32.1 Å². The predicted molar refractivity (Wildman–Crippen MR) is 83.5 cm³/mol. The quantitative estimate of drug-likeness (QED) is 0.772. The topological polar surface area (TPSA) is 82.4 Å². The Hall–Kier alpha value is -1.60. The highest BCUT2D eigenvalue weighted by Crippen LogP contribution is 2.43. The van der Waals surface area contributed by atoms with Gasteiger partial charge in [0.15, 0.2) is 0 Å². The molecule has 122 valence electrons. The molecular formula is C15H25N5O2. The number of nitrogens with zero attached hydrogens (tertiary/aromatic N) is 3. The second-order valence-electron chi connectivity index (χ2n) is 6.23. The molecule has 0 radical (unpaired) electrons. The Labute approximate surface area is 130 Å². The van der Waals surface area contributed by atoms with Crippen LogP contribution in [0.15, 0.2) is 6.20 Å². The molecule has 1 aliphatic carbocycles. The van der Waals surface area contributed by atoms with Gasteiger partial charge < -0.3 is 10.4 Å². The molecule has 0 atom stereocenters. The first-order chi connectivity index (χ1) is 10.7. The van der Waals surface area contributed by atoms with Gasteiger partial charge >= 0.3 is 6.03 Å². The molecule has 1 aromatic heterocycles. The summed E-state index contributed by atoms with van der Waals surface area (Å²) in [6.45, 7) is 4.38. The second-order valence-corrected chi connectivity index (χ2v) is 6.23. The monoisotopic (exact) mass is 307 g/mol. The zero-order chi connectivity index (χ0) is 15.5. The Morgan fingerprint density at radius 3 is 2.73 bits per heavy atom. The lowest BCUT2D eigenvalue weighted by molar-refractivity contribution is 0.0644. The van der Waals surface area contributed by atoms with Crippen molar-refractivity contribution in [2.75, 3.05) is 18.4 Å². The van der Waals surface area contributed by atoms with Gasteiger partial charge in [0, 0.05) is 25.6 Å². The van der Waals surface area contributed by atoms with Crippen molar-refractivity contribution < 1.29 is 9.90 Å². The highest BCUT2D eigenvalue weighted by Gasteiger charge is 2.31.